The van der Waals surface area contributed by atoms with Crippen molar-refractivity contribution in [3.8, 4) is 0 Å². The fourth-order valence-electron chi connectivity index (χ4n) is 0.489. The van der Waals surface area contributed by atoms with Crippen LogP contribution in [0.1, 0.15) is 0 Å². The minimum absolute atomic E-state index is 0. The van der Waals surface area contributed by atoms with Gasteiger partial charge in [0, 0.05) is 0 Å². The van der Waals surface area contributed by atoms with E-state index in [0.29, 0.717) is 0 Å². The Balaban J connectivity index is 0.000001000. The molecule has 52 valence electrons. The molecule has 0 radical (unpaired) electrons. The molecule has 0 fully saturated rings. The van der Waals surface area contributed by atoms with Gasteiger partial charge in [-0.25, -0.2) is 14.8 Å². The van der Waals surface area contributed by atoms with Crippen molar-refractivity contribution in [2.45, 2.75) is 0 Å². The van der Waals surface area contributed by atoms with Crippen LogP contribution in [0, 0.1) is 10.7 Å². The Morgan fingerprint density at radius 2 is 2.27 bits per heavy atom. The van der Waals surface area contributed by atoms with Gasteiger partial charge in [0.25, 0.3) is 0 Å². The second-order valence-corrected chi connectivity index (χ2v) is 1.56. The van der Waals surface area contributed by atoms with Crippen LogP contribution in [0.15, 0.2) is 23.6 Å². The third kappa shape index (κ3) is 3.41. The number of nitrogens with one attached hydrogen (secondary N) is 1. The van der Waals surface area contributed by atoms with Crippen LogP contribution in [-0.4, -0.2) is 4.98 Å². The van der Waals surface area contributed by atoms with Crippen molar-refractivity contribution < 1.29 is 33.9 Å². The number of nitrogens with zero attached hydrogens (tertiary/aromatic N) is 2. The molecule has 0 aliphatic rings. The fraction of sp³-hybridized carbons (Fsp3) is 0. The van der Waals surface area contributed by atoms with Crippen molar-refractivity contribution in [2.75, 3.05) is 5.43 Å². The van der Waals surface area contributed by atoms with Crippen LogP contribution in [0.2, 0.25) is 0 Å². The number of nitroso groups, excluding NO2 is 1. The molecule has 0 aromatic carbocycles. The molecule has 0 amide bonds. The first-order valence-corrected chi connectivity index (χ1v) is 2.53. The predicted octanol–water partition coefficient (Wildman–Crippen LogP) is -1.68. The first-order valence-electron chi connectivity index (χ1n) is 2.53. The maximum Gasteiger partial charge on any atom is 1.00 e. The molecular formula is C5H4FN3NaO+. The summed E-state index contributed by atoms with van der Waals surface area (Å²) in [5.41, 5.74) is 2.03. The Hall–Kier alpha value is -0.520. The van der Waals surface area contributed by atoms with Crippen LogP contribution in [0.25, 0.3) is 0 Å². The fourth-order valence-corrected chi connectivity index (χ4v) is 0.489. The van der Waals surface area contributed by atoms with Crippen molar-refractivity contribution in [1.29, 1.82) is 0 Å². The molecule has 6 heteroatoms. The van der Waals surface area contributed by atoms with Crippen LogP contribution in [0.4, 0.5) is 10.2 Å². The van der Waals surface area contributed by atoms with Gasteiger partial charge in [-0.15, -0.1) is 4.91 Å². The summed E-state index contributed by atoms with van der Waals surface area (Å²) in [6.45, 7) is 0. The second kappa shape index (κ2) is 5.17. The zero-order valence-electron chi connectivity index (χ0n) is 5.91. The quantitative estimate of drug-likeness (QED) is 0.322. The van der Waals surface area contributed by atoms with E-state index in [2.05, 4.69) is 10.3 Å². The van der Waals surface area contributed by atoms with Gasteiger partial charge in [-0.1, -0.05) is 0 Å². The van der Waals surface area contributed by atoms with E-state index >= 15 is 0 Å². The van der Waals surface area contributed by atoms with E-state index in [0.717, 1.165) is 6.20 Å². The molecule has 1 N–H and O–H groups in total. The number of hydrogen-bond acceptors (Lipinski definition) is 3. The van der Waals surface area contributed by atoms with Gasteiger partial charge < -0.3 is 0 Å². The summed E-state index contributed by atoms with van der Waals surface area (Å²) in [5, 5.41) is 2.35. The molecule has 0 bridgehead atoms. The van der Waals surface area contributed by atoms with E-state index in [4.69, 9.17) is 0 Å². The topological polar surface area (TPSA) is 54.4 Å². The van der Waals surface area contributed by atoms with E-state index in [1.807, 2.05) is 5.43 Å². The van der Waals surface area contributed by atoms with Crippen LogP contribution in [0.5, 0.6) is 0 Å². The number of halogens is 1. The standard InChI is InChI=1S/C5H4FN3O.Na/c6-4-1-2-5(7-3-4)8-9-10;/h1-3H,(H,7,8,10);/q;+1. The zero-order valence-corrected chi connectivity index (χ0v) is 7.91. The minimum Gasteiger partial charge on any atom is -0.235 e. The van der Waals surface area contributed by atoms with Crippen molar-refractivity contribution in [3.63, 3.8) is 0 Å². The minimum atomic E-state index is -0.448. The van der Waals surface area contributed by atoms with Crippen LogP contribution in [0.3, 0.4) is 0 Å². The van der Waals surface area contributed by atoms with Crippen molar-refractivity contribution in [3.05, 3.63) is 29.1 Å². The average molecular weight is 164 g/mol. The molecular weight excluding hydrogens is 160 g/mol. The van der Waals surface area contributed by atoms with E-state index < -0.39 is 5.82 Å². The number of rotatable bonds is 2. The molecule has 0 unspecified atom stereocenters. The van der Waals surface area contributed by atoms with E-state index in [9.17, 15) is 9.30 Å². The molecule has 11 heavy (non-hydrogen) atoms. The van der Waals surface area contributed by atoms with Gasteiger partial charge in [0.05, 0.1) is 11.5 Å². The molecule has 0 saturated carbocycles. The van der Waals surface area contributed by atoms with Crippen molar-refractivity contribution >= 4 is 5.82 Å². The van der Waals surface area contributed by atoms with E-state index in [1.54, 1.807) is 0 Å². The van der Waals surface area contributed by atoms with Crippen LogP contribution in [-0.2, 0) is 0 Å². The third-order valence-corrected chi connectivity index (χ3v) is 0.888. The number of anilines is 1. The van der Waals surface area contributed by atoms with Gasteiger partial charge in [0.15, 0.2) is 0 Å². The molecule has 1 aromatic heterocycles. The van der Waals surface area contributed by atoms with Gasteiger partial charge >= 0.3 is 29.6 Å². The van der Waals surface area contributed by atoms with Crippen LogP contribution >= 0.6 is 0 Å². The molecule has 0 aliphatic heterocycles. The Morgan fingerprint density at radius 3 is 2.73 bits per heavy atom. The number of hydrogen-bond donors (Lipinski definition) is 1. The summed E-state index contributed by atoms with van der Waals surface area (Å²) in [5.74, 6) is -0.215. The van der Waals surface area contributed by atoms with Gasteiger partial charge in [-0.2, -0.15) is 0 Å². The summed E-state index contributed by atoms with van der Waals surface area (Å²) in [6.07, 6.45) is 0.994. The number of aromatic nitrogens is 1. The first-order chi connectivity index (χ1) is 4.83. The summed E-state index contributed by atoms with van der Waals surface area (Å²) in [7, 11) is 0. The normalized spacial score (nSPS) is 8.09. The molecule has 0 spiro atoms. The molecule has 1 aromatic rings. The Bertz CT molecular complexity index is 228. The Labute approximate surface area is 84.4 Å². The SMILES string of the molecule is O=NNc1ccc(F)cn1.[Na+]. The molecule has 0 atom stereocenters. The summed E-state index contributed by atoms with van der Waals surface area (Å²) >= 11 is 0. The van der Waals surface area contributed by atoms with E-state index in [-0.39, 0.29) is 35.4 Å². The smallest absolute Gasteiger partial charge is 0.235 e. The summed E-state index contributed by atoms with van der Waals surface area (Å²) < 4.78 is 12.1. The molecule has 0 saturated heterocycles. The molecule has 1 rings (SSSR count). The Morgan fingerprint density at radius 1 is 1.55 bits per heavy atom. The van der Waals surface area contributed by atoms with Gasteiger partial charge in [-0.05, 0) is 12.1 Å². The second-order valence-electron chi connectivity index (χ2n) is 1.56. The molecule has 1 heterocycles. The maximum atomic E-state index is 12.1. The monoisotopic (exact) mass is 164 g/mol. The molecule has 0 aliphatic carbocycles. The van der Waals surface area contributed by atoms with Gasteiger partial charge in [0.1, 0.15) is 11.6 Å². The van der Waals surface area contributed by atoms with Gasteiger partial charge in [0.2, 0.25) is 0 Å². The van der Waals surface area contributed by atoms with Crippen molar-refractivity contribution in [1.82, 2.24) is 4.98 Å². The van der Waals surface area contributed by atoms with Crippen molar-refractivity contribution in [2.24, 2.45) is 5.29 Å². The Kier molecular flexibility index (Phi) is 4.93. The van der Waals surface area contributed by atoms with E-state index in [1.165, 1.54) is 12.1 Å². The molecule has 4 nitrogen and oxygen atoms in total. The maximum absolute atomic E-state index is 12.1. The predicted molar refractivity (Wildman–Crippen MR) is 33.6 cm³/mol. The zero-order chi connectivity index (χ0) is 7.40. The number of pyridine rings is 1. The summed E-state index contributed by atoms with van der Waals surface area (Å²) in [6, 6.07) is 2.50. The largest absolute Gasteiger partial charge is 1.00 e. The summed E-state index contributed by atoms with van der Waals surface area (Å²) in [4.78, 5) is 13.1. The average Bonchev–Trinajstić information content (AvgIpc) is 1.95. The first kappa shape index (κ1) is 10.5. The van der Waals surface area contributed by atoms with Crippen LogP contribution < -0.4 is 35.0 Å². The third-order valence-electron chi connectivity index (χ3n) is 0.888. The van der Waals surface area contributed by atoms with Gasteiger partial charge in [-0.3, -0.25) is 0 Å².